The summed E-state index contributed by atoms with van der Waals surface area (Å²) in [6.45, 7) is 0. The molecule has 106 heavy (non-hydrogen) atoms. The van der Waals surface area contributed by atoms with Gasteiger partial charge in [0, 0.05) is 99.2 Å². The number of rotatable bonds is 11. The number of aromatic nitrogens is 10. The lowest BCUT2D eigenvalue weighted by molar-refractivity contribution is 1.07. The number of hydrogen-bond acceptors (Lipinski definition) is 6. The maximum Gasteiger partial charge on any atom is 0.164 e. The molecule has 0 amide bonds. The van der Waals surface area contributed by atoms with Crippen molar-refractivity contribution in [1.82, 2.24) is 48.2 Å². The first kappa shape index (κ1) is 61.4. The molecule has 10 nitrogen and oxygen atoms in total. The largest absolute Gasteiger partial charge is 0.309 e. The van der Waals surface area contributed by atoms with Gasteiger partial charge in [0.15, 0.2) is 34.9 Å². The SMILES string of the molecule is c1ccc(-c2nc(-c3ccccc3)nc(-c3cccc(-c4cccc(-n5c6ccccc6c6cc(-n7c8ccccc8c8ccccc87)ccc65)c4)c3)n2)cc1.c1ccc(-c2nc(-c3ccccc3)nc(-c3cccc(-n4c5ccccc5c5cc(-n6c7ccccc7c7ccccc76)ccc54)c3)n2)cc1. The summed E-state index contributed by atoms with van der Waals surface area (Å²) in [5, 5.41) is 9.86. The molecule has 15 aromatic carbocycles. The van der Waals surface area contributed by atoms with Gasteiger partial charge in [0.05, 0.1) is 44.1 Å². The minimum atomic E-state index is 0.633. The maximum absolute atomic E-state index is 5.00. The number of benzene rings is 15. The zero-order valence-electron chi connectivity index (χ0n) is 57.3. The molecule has 0 N–H and O–H groups in total. The Balaban J connectivity index is 0.000000141. The molecule has 21 rings (SSSR count). The van der Waals surface area contributed by atoms with Gasteiger partial charge < -0.3 is 18.3 Å². The van der Waals surface area contributed by atoms with Crippen LogP contribution in [0.4, 0.5) is 0 Å². The van der Waals surface area contributed by atoms with Crippen molar-refractivity contribution >= 4 is 87.2 Å². The average Bonchev–Trinajstić information content (AvgIpc) is 1.58. The highest BCUT2D eigenvalue weighted by atomic mass is 15.1. The van der Waals surface area contributed by atoms with Crippen LogP contribution in [0.25, 0.3) is 189 Å². The van der Waals surface area contributed by atoms with Gasteiger partial charge in [-0.05, 0) is 114 Å². The predicted molar refractivity (Wildman–Crippen MR) is 435 cm³/mol. The van der Waals surface area contributed by atoms with Crippen molar-refractivity contribution in [2.45, 2.75) is 0 Å². The Morgan fingerprint density at radius 3 is 0.660 bits per heavy atom. The molecule has 0 atom stereocenters. The monoisotopic (exact) mass is 1350 g/mol. The van der Waals surface area contributed by atoms with Crippen LogP contribution in [0.5, 0.6) is 0 Å². The highest BCUT2D eigenvalue weighted by Gasteiger charge is 2.22. The molecule has 10 heteroatoms. The maximum atomic E-state index is 5.00. The van der Waals surface area contributed by atoms with Crippen LogP contribution in [-0.4, -0.2) is 48.2 Å². The van der Waals surface area contributed by atoms with Crippen molar-refractivity contribution in [3.63, 3.8) is 0 Å². The van der Waals surface area contributed by atoms with Crippen LogP contribution in [0.2, 0.25) is 0 Å². The van der Waals surface area contributed by atoms with Crippen molar-refractivity contribution in [2.24, 2.45) is 0 Å². The summed E-state index contributed by atoms with van der Waals surface area (Å²) in [5.74, 6) is 3.86. The summed E-state index contributed by atoms with van der Waals surface area (Å²) < 4.78 is 9.51. The molecule has 0 bridgehead atoms. The molecule has 0 unspecified atom stereocenters. The molecule has 0 aliphatic heterocycles. The van der Waals surface area contributed by atoms with Crippen LogP contribution in [0.15, 0.2) is 376 Å². The van der Waals surface area contributed by atoms with Gasteiger partial charge in [-0.3, -0.25) is 0 Å². The van der Waals surface area contributed by atoms with E-state index in [4.69, 9.17) is 29.9 Å². The van der Waals surface area contributed by atoms with Gasteiger partial charge in [0.25, 0.3) is 0 Å². The van der Waals surface area contributed by atoms with Crippen LogP contribution in [0.3, 0.4) is 0 Å². The lowest BCUT2D eigenvalue weighted by Gasteiger charge is -2.12. The second-order valence-electron chi connectivity index (χ2n) is 26.6. The van der Waals surface area contributed by atoms with Crippen LogP contribution in [-0.2, 0) is 0 Å². The van der Waals surface area contributed by atoms with E-state index < -0.39 is 0 Å². The lowest BCUT2D eigenvalue weighted by atomic mass is 10.0. The Kier molecular flexibility index (Phi) is 15.0. The summed E-state index contributed by atoms with van der Waals surface area (Å²) in [6.07, 6.45) is 0. The summed E-state index contributed by atoms with van der Waals surface area (Å²) in [6, 6.07) is 132. The summed E-state index contributed by atoms with van der Waals surface area (Å²) >= 11 is 0. The van der Waals surface area contributed by atoms with Gasteiger partial charge in [0.2, 0.25) is 0 Å². The number of hydrogen-bond donors (Lipinski definition) is 0. The second-order valence-corrected chi connectivity index (χ2v) is 26.6. The van der Waals surface area contributed by atoms with Gasteiger partial charge in [-0.1, -0.05) is 273 Å². The van der Waals surface area contributed by atoms with Crippen LogP contribution in [0.1, 0.15) is 0 Å². The van der Waals surface area contributed by atoms with E-state index in [0.717, 1.165) is 83.8 Å². The predicted octanol–water partition coefficient (Wildman–Crippen LogP) is 23.8. The van der Waals surface area contributed by atoms with Crippen LogP contribution in [0, 0.1) is 0 Å². The second kappa shape index (κ2) is 25.8. The topological polar surface area (TPSA) is 97.1 Å². The number of nitrogens with zero attached hydrogens (tertiary/aromatic N) is 10. The van der Waals surface area contributed by atoms with Crippen LogP contribution < -0.4 is 0 Å². The van der Waals surface area contributed by atoms with Crippen LogP contribution >= 0.6 is 0 Å². The Morgan fingerprint density at radius 1 is 0.132 bits per heavy atom. The van der Waals surface area contributed by atoms with Gasteiger partial charge in [0.1, 0.15) is 0 Å². The van der Waals surface area contributed by atoms with Crippen molar-refractivity contribution in [3.8, 4) is 102 Å². The van der Waals surface area contributed by atoms with Crippen molar-refractivity contribution < 1.29 is 0 Å². The molecule has 0 saturated heterocycles. The minimum absolute atomic E-state index is 0.633. The van der Waals surface area contributed by atoms with E-state index in [0.29, 0.717) is 34.9 Å². The number of para-hydroxylation sites is 6. The molecule has 0 aliphatic rings. The highest BCUT2D eigenvalue weighted by molar-refractivity contribution is 6.14. The molecular formula is C96H62N10. The van der Waals surface area contributed by atoms with E-state index in [2.05, 4.69) is 273 Å². The van der Waals surface area contributed by atoms with Gasteiger partial charge in [-0.25, -0.2) is 29.9 Å². The molecule has 0 fully saturated rings. The first-order valence-corrected chi connectivity index (χ1v) is 35.7. The average molecular weight is 1360 g/mol. The number of fused-ring (bicyclic) bond motifs is 12. The summed E-state index contributed by atoms with van der Waals surface area (Å²) in [5.41, 5.74) is 21.7. The molecule has 0 spiro atoms. The van der Waals surface area contributed by atoms with Crippen molar-refractivity contribution in [3.05, 3.63) is 376 Å². The zero-order chi connectivity index (χ0) is 70.0. The van der Waals surface area contributed by atoms with E-state index in [1.54, 1.807) is 0 Å². The van der Waals surface area contributed by atoms with E-state index in [1.165, 1.54) is 70.7 Å². The van der Waals surface area contributed by atoms with E-state index in [1.807, 2.05) is 121 Å². The zero-order valence-corrected chi connectivity index (χ0v) is 57.3. The molecule has 0 radical (unpaired) electrons. The van der Waals surface area contributed by atoms with E-state index in [-0.39, 0.29) is 0 Å². The first-order chi connectivity index (χ1) is 52.6. The molecule has 0 aliphatic carbocycles. The Hall–Kier alpha value is -14.5. The molecular weight excluding hydrogens is 1290 g/mol. The van der Waals surface area contributed by atoms with Gasteiger partial charge in [-0.2, -0.15) is 0 Å². The Labute approximate surface area is 610 Å². The van der Waals surface area contributed by atoms with Gasteiger partial charge in [-0.15, -0.1) is 0 Å². The summed E-state index contributed by atoms with van der Waals surface area (Å²) in [7, 11) is 0. The molecule has 0 saturated carbocycles. The van der Waals surface area contributed by atoms with E-state index in [9.17, 15) is 0 Å². The first-order valence-electron chi connectivity index (χ1n) is 35.7. The normalized spacial score (nSPS) is 11.6. The molecule has 6 aromatic heterocycles. The quantitative estimate of drug-likeness (QED) is 0.128. The lowest BCUT2D eigenvalue weighted by Crippen LogP contribution is -2.01. The fraction of sp³-hybridized carbons (Fsp3) is 0. The smallest absolute Gasteiger partial charge is 0.164 e. The van der Waals surface area contributed by atoms with Crippen molar-refractivity contribution in [1.29, 1.82) is 0 Å². The fourth-order valence-corrected chi connectivity index (χ4v) is 15.5. The minimum Gasteiger partial charge on any atom is -0.309 e. The summed E-state index contributed by atoms with van der Waals surface area (Å²) in [4.78, 5) is 29.8. The Bertz CT molecular complexity index is 6730. The van der Waals surface area contributed by atoms with Crippen molar-refractivity contribution in [2.75, 3.05) is 0 Å². The standard InChI is InChI=1S/C51H33N5.C45H29N5/c1-3-15-34(16-4-1)49-52-50(35-17-5-2-6-18-35)54-51(53-49)38-21-13-19-36(31-38)37-20-14-22-39(32-37)55-47-28-12-9-25-43(47)44-33-40(29-30-48(44)55)56-45-26-10-7-23-41(45)42-24-8-11-27-46(42)56;1-3-14-30(15-4-1)43-46-44(31-16-5-2-6-17-31)48-45(47-43)32-18-13-19-33(28-32)49-41-25-12-9-22-37(41)38-29-34(26-27-42(38)49)50-39-23-10-7-20-35(39)36-21-8-11-24-40(36)50/h1-33H;1-29H. The highest BCUT2D eigenvalue weighted by Crippen LogP contribution is 2.41. The third kappa shape index (κ3) is 10.7. The third-order valence-electron chi connectivity index (χ3n) is 20.3. The molecule has 21 aromatic rings. The fourth-order valence-electron chi connectivity index (χ4n) is 15.5. The third-order valence-corrected chi connectivity index (χ3v) is 20.3. The Morgan fingerprint density at radius 2 is 0.340 bits per heavy atom. The molecule has 496 valence electrons. The molecule has 6 heterocycles. The van der Waals surface area contributed by atoms with Gasteiger partial charge >= 0.3 is 0 Å². The van der Waals surface area contributed by atoms with E-state index >= 15 is 0 Å².